The fraction of sp³-hybridized carbons (Fsp3) is 1.00. The first-order valence-electron chi connectivity index (χ1n) is 4.09. The Morgan fingerprint density at radius 2 is 1.25 bits per heavy atom. The van der Waals surface area contributed by atoms with Crippen LogP contribution < -0.4 is 5.73 Å². The van der Waals surface area contributed by atoms with Crippen LogP contribution in [-0.2, 0) is 0 Å². The zero-order valence-corrected chi connectivity index (χ0v) is 9.13. The highest BCUT2D eigenvalue weighted by atomic mass is 15.5. The van der Waals surface area contributed by atoms with Crippen LogP contribution >= 0.6 is 0 Å². The van der Waals surface area contributed by atoms with Gasteiger partial charge >= 0.3 is 0 Å². The highest BCUT2D eigenvalue weighted by molar-refractivity contribution is 4.80. The minimum atomic E-state index is -0.385. The molecule has 0 aliphatic rings. The third-order valence-corrected chi connectivity index (χ3v) is 2.10. The number of likely N-dealkylation sites (N-methyl/N-ethyl adjacent to an activating group) is 3. The van der Waals surface area contributed by atoms with Gasteiger partial charge in [-0.15, -0.1) is 0 Å². The van der Waals surface area contributed by atoms with Crippen molar-refractivity contribution in [1.82, 2.24) is 14.7 Å². The average Bonchev–Trinajstić information content (AvgIpc) is 1.84. The van der Waals surface area contributed by atoms with Crippen molar-refractivity contribution in [3.05, 3.63) is 0 Å². The van der Waals surface area contributed by atoms with Gasteiger partial charge in [0.1, 0.15) is 5.79 Å². The molecule has 0 aliphatic heterocycles. The summed E-state index contributed by atoms with van der Waals surface area (Å²) in [4.78, 5) is 6.12. The van der Waals surface area contributed by atoms with E-state index in [1.54, 1.807) is 0 Å². The van der Waals surface area contributed by atoms with Gasteiger partial charge in [0.2, 0.25) is 0 Å². The van der Waals surface area contributed by atoms with Crippen LogP contribution in [0.3, 0.4) is 0 Å². The summed E-state index contributed by atoms with van der Waals surface area (Å²) in [5.74, 6) is -0.385. The van der Waals surface area contributed by atoms with Gasteiger partial charge in [-0.2, -0.15) is 0 Å². The Balaban J connectivity index is 4.40. The van der Waals surface area contributed by atoms with E-state index in [1.165, 1.54) is 0 Å². The fourth-order valence-corrected chi connectivity index (χ4v) is 1.15. The molecule has 74 valence electrons. The van der Waals surface area contributed by atoms with Crippen molar-refractivity contribution in [3.63, 3.8) is 0 Å². The van der Waals surface area contributed by atoms with Gasteiger partial charge in [0.05, 0.1) is 0 Å². The molecule has 0 aliphatic carbocycles. The second-order valence-electron chi connectivity index (χ2n) is 3.91. The number of nitrogens with two attached hydrogens (primary N) is 1. The zero-order chi connectivity index (χ0) is 9.94. The highest BCUT2D eigenvalue weighted by Gasteiger charge is 2.30. The second kappa shape index (κ2) is 4.18. The number of hydrogen-bond acceptors (Lipinski definition) is 4. The molecule has 12 heavy (non-hydrogen) atoms. The van der Waals surface area contributed by atoms with Gasteiger partial charge in [0, 0.05) is 6.54 Å². The van der Waals surface area contributed by atoms with Crippen molar-refractivity contribution in [2.75, 3.05) is 48.8 Å². The van der Waals surface area contributed by atoms with E-state index in [4.69, 9.17) is 5.73 Å². The van der Waals surface area contributed by atoms with Crippen LogP contribution in [0.1, 0.15) is 0 Å². The summed E-state index contributed by atoms with van der Waals surface area (Å²) < 4.78 is 0. The monoisotopic (exact) mass is 174 g/mol. The van der Waals surface area contributed by atoms with Crippen LogP contribution in [0.25, 0.3) is 0 Å². The van der Waals surface area contributed by atoms with Gasteiger partial charge in [-0.3, -0.25) is 15.5 Å². The summed E-state index contributed by atoms with van der Waals surface area (Å²) in [7, 11) is 12.0. The molecule has 0 aromatic rings. The maximum Gasteiger partial charge on any atom is 0.138 e. The van der Waals surface area contributed by atoms with Gasteiger partial charge in [0.25, 0.3) is 0 Å². The van der Waals surface area contributed by atoms with Crippen molar-refractivity contribution >= 4 is 0 Å². The molecule has 0 atom stereocenters. The standard InChI is InChI=1S/C8H22N4/c1-10(2)7-8(9,11(3)4)12(5)6/h7,9H2,1-6H3. The first-order chi connectivity index (χ1) is 5.30. The molecule has 0 amide bonds. The van der Waals surface area contributed by atoms with Gasteiger partial charge < -0.3 is 4.90 Å². The topological polar surface area (TPSA) is 35.7 Å². The highest BCUT2D eigenvalue weighted by Crippen LogP contribution is 2.07. The second-order valence-corrected chi connectivity index (χ2v) is 3.91. The molecule has 4 heteroatoms. The van der Waals surface area contributed by atoms with Crippen LogP contribution in [0, 0.1) is 0 Å². The Bertz CT molecular complexity index is 123. The van der Waals surface area contributed by atoms with E-state index in [9.17, 15) is 0 Å². The Kier molecular flexibility index (Phi) is 4.13. The van der Waals surface area contributed by atoms with Crippen LogP contribution in [-0.4, -0.2) is 69.3 Å². The van der Waals surface area contributed by atoms with E-state index < -0.39 is 0 Å². The molecule has 0 fully saturated rings. The first kappa shape index (κ1) is 11.8. The Labute approximate surface area is 75.9 Å². The molecule has 2 N–H and O–H groups in total. The normalized spacial score (nSPS) is 13.5. The lowest BCUT2D eigenvalue weighted by atomic mass is 10.3. The third kappa shape index (κ3) is 2.71. The quantitative estimate of drug-likeness (QED) is 0.571. The summed E-state index contributed by atoms with van der Waals surface area (Å²) in [6.07, 6.45) is 0. The summed E-state index contributed by atoms with van der Waals surface area (Å²) >= 11 is 0. The van der Waals surface area contributed by atoms with Gasteiger partial charge in [-0.25, -0.2) is 0 Å². The molecule has 0 radical (unpaired) electrons. The van der Waals surface area contributed by atoms with E-state index in [-0.39, 0.29) is 5.79 Å². The van der Waals surface area contributed by atoms with Crippen molar-refractivity contribution in [3.8, 4) is 0 Å². The number of nitrogens with zero attached hydrogens (tertiary/aromatic N) is 3. The lowest BCUT2D eigenvalue weighted by Gasteiger charge is -2.43. The van der Waals surface area contributed by atoms with E-state index in [0.717, 1.165) is 6.54 Å². The predicted octanol–water partition coefficient (Wildman–Crippen LogP) is -0.716. The molecule has 0 unspecified atom stereocenters. The summed E-state index contributed by atoms with van der Waals surface area (Å²) in [6.45, 7) is 0.812. The first-order valence-corrected chi connectivity index (χ1v) is 4.09. The maximum atomic E-state index is 6.19. The molecule has 4 nitrogen and oxygen atoms in total. The summed E-state index contributed by atoms with van der Waals surface area (Å²) in [5, 5.41) is 0. The van der Waals surface area contributed by atoms with Crippen molar-refractivity contribution in [1.29, 1.82) is 0 Å². The van der Waals surface area contributed by atoms with Crippen LogP contribution in [0.4, 0.5) is 0 Å². The predicted molar refractivity (Wildman–Crippen MR) is 52.8 cm³/mol. The molecule has 0 saturated carbocycles. The lowest BCUT2D eigenvalue weighted by Crippen LogP contribution is -2.67. The van der Waals surface area contributed by atoms with Gasteiger partial charge in [-0.1, -0.05) is 0 Å². The van der Waals surface area contributed by atoms with E-state index >= 15 is 0 Å². The molecule has 0 aromatic carbocycles. The minimum Gasteiger partial charge on any atom is -0.305 e. The Hall–Kier alpha value is -0.160. The molecule has 0 aromatic heterocycles. The smallest absolute Gasteiger partial charge is 0.138 e. The van der Waals surface area contributed by atoms with Crippen LogP contribution in [0.2, 0.25) is 0 Å². The van der Waals surface area contributed by atoms with Crippen molar-refractivity contribution in [2.24, 2.45) is 5.73 Å². The Morgan fingerprint density at radius 3 is 1.33 bits per heavy atom. The average molecular weight is 174 g/mol. The van der Waals surface area contributed by atoms with Gasteiger partial charge in [-0.05, 0) is 42.3 Å². The van der Waals surface area contributed by atoms with E-state index in [0.29, 0.717) is 0 Å². The van der Waals surface area contributed by atoms with Crippen LogP contribution in [0.5, 0.6) is 0 Å². The number of rotatable bonds is 4. The molecule has 0 spiro atoms. The molecule has 0 rings (SSSR count). The molecule has 0 saturated heterocycles. The third-order valence-electron chi connectivity index (χ3n) is 2.10. The van der Waals surface area contributed by atoms with Gasteiger partial charge in [0.15, 0.2) is 0 Å². The lowest BCUT2D eigenvalue weighted by molar-refractivity contribution is -0.0114. The molecule has 0 bridgehead atoms. The van der Waals surface area contributed by atoms with E-state index in [1.807, 2.05) is 52.1 Å². The maximum absolute atomic E-state index is 6.19. The summed E-state index contributed by atoms with van der Waals surface area (Å²) in [6, 6.07) is 0. The van der Waals surface area contributed by atoms with Crippen molar-refractivity contribution in [2.45, 2.75) is 5.79 Å². The molecular formula is C8H22N4. The SMILES string of the molecule is CN(C)CC(N)(N(C)C)N(C)C. The summed E-state index contributed by atoms with van der Waals surface area (Å²) in [5.41, 5.74) is 6.19. The Morgan fingerprint density at radius 1 is 0.917 bits per heavy atom. The van der Waals surface area contributed by atoms with Crippen molar-refractivity contribution < 1.29 is 0 Å². The molecule has 0 heterocycles. The molecular weight excluding hydrogens is 152 g/mol. The largest absolute Gasteiger partial charge is 0.305 e. The fourth-order valence-electron chi connectivity index (χ4n) is 1.15. The number of hydrogen-bond donors (Lipinski definition) is 1. The van der Waals surface area contributed by atoms with E-state index in [2.05, 4.69) is 4.90 Å². The minimum absolute atomic E-state index is 0.385. The zero-order valence-electron chi connectivity index (χ0n) is 9.13. The van der Waals surface area contributed by atoms with Crippen LogP contribution in [0.15, 0.2) is 0 Å².